The van der Waals surface area contributed by atoms with E-state index in [4.69, 9.17) is 16.3 Å². The highest BCUT2D eigenvalue weighted by Gasteiger charge is 2.28. The maximum absolute atomic E-state index is 12.6. The van der Waals surface area contributed by atoms with Gasteiger partial charge in [-0.25, -0.2) is 13.2 Å². The first kappa shape index (κ1) is 19.7. The van der Waals surface area contributed by atoms with Crippen LogP contribution in [0.4, 0.5) is 0 Å². The Balaban J connectivity index is 2.13. The second-order valence-corrected chi connectivity index (χ2v) is 8.02. The van der Waals surface area contributed by atoms with E-state index in [1.165, 1.54) is 22.5 Å². The lowest BCUT2D eigenvalue weighted by atomic mass is 10.2. The molecule has 0 spiro atoms. The normalized spacial score (nSPS) is 15.1. The van der Waals surface area contributed by atoms with Crippen LogP contribution in [0.25, 0.3) is 0 Å². The van der Waals surface area contributed by atoms with E-state index >= 15 is 0 Å². The highest BCUT2D eigenvalue weighted by Crippen LogP contribution is 2.25. The summed E-state index contributed by atoms with van der Waals surface area (Å²) in [7, 11) is -3.67. The van der Waals surface area contributed by atoms with Crippen LogP contribution in [0.2, 0.25) is 5.02 Å². The van der Waals surface area contributed by atoms with Crippen LogP contribution in [-0.2, 0) is 19.6 Å². The first-order chi connectivity index (χ1) is 11.9. The molecule has 0 aliphatic carbocycles. The number of carbonyl (C=O) groups is 2. The first-order valence-corrected chi connectivity index (χ1v) is 9.91. The Bertz CT molecular complexity index is 745. The summed E-state index contributed by atoms with van der Waals surface area (Å²) in [5.41, 5.74) is -0.0785. The van der Waals surface area contributed by atoms with Crippen LogP contribution in [0.15, 0.2) is 23.1 Å². The maximum atomic E-state index is 12.6. The lowest BCUT2D eigenvalue weighted by Crippen LogP contribution is -2.29. The Kier molecular flexibility index (Phi) is 6.80. The van der Waals surface area contributed by atoms with Gasteiger partial charge >= 0.3 is 5.97 Å². The number of ether oxygens (including phenoxy) is 1. The fourth-order valence-corrected chi connectivity index (χ4v) is 4.16. The molecule has 1 aromatic rings. The van der Waals surface area contributed by atoms with E-state index in [1.807, 2.05) is 6.92 Å². The number of rotatable bonds is 7. The minimum absolute atomic E-state index is 0.0128. The number of amides is 1. The summed E-state index contributed by atoms with van der Waals surface area (Å²) in [5.74, 6) is -1.26. The lowest BCUT2D eigenvalue weighted by molar-refractivity contribution is -0.124. The van der Waals surface area contributed by atoms with Crippen molar-refractivity contribution in [3.8, 4) is 0 Å². The van der Waals surface area contributed by atoms with Gasteiger partial charge in [0, 0.05) is 19.6 Å². The molecule has 138 valence electrons. The third-order valence-electron chi connectivity index (χ3n) is 3.77. The molecule has 0 unspecified atom stereocenters. The second kappa shape index (κ2) is 8.64. The molecule has 0 radical (unpaired) electrons. The van der Waals surface area contributed by atoms with E-state index in [0.29, 0.717) is 19.6 Å². The molecule has 7 nitrogen and oxygen atoms in total. The zero-order valence-electron chi connectivity index (χ0n) is 14.0. The fourth-order valence-electron chi connectivity index (χ4n) is 2.42. The molecule has 2 rings (SSSR count). The number of esters is 1. The molecule has 1 N–H and O–H groups in total. The number of carbonyl (C=O) groups excluding carboxylic acids is 2. The van der Waals surface area contributed by atoms with Crippen LogP contribution in [0.1, 0.15) is 36.5 Å². The van der Waals surface area contributed by atoms with Gasteiger partial charge < -0.3 is 10.1 Å². The monoisotopic (exact) mass is 388 g/mol. The quantitative estimate of drug-likeness (QED) is 0.719. The van der Waals surface area contributed by atoms with Crippen molar-refractivity contribution < 1.29 is 22.7 Å². The summed E-state index contributed by atoms with van der Waals surface area (Å²) in [4.78, 5) is 23.6. The van der Waals surface area contributed by atoms with Gasteiger partial charge in [-0.05, 0) is 37.5 Å². The van der Waals surface area contributed by atoms with Crippen molar-refractivity contribution in [2.24, 2.45) is 0 Å². The molecule has 0 aromatic heterocycles. The smallest absolute Gasteiger partial charge is 0.340 e. The van der Waals surface area contributed by atoms with Crippen molar-refractivity contribution in [2.45, 2.75) is 31.1 Å². The standard InChI is InChI=1S/C16H21ClN2O5S/c1-2-7-18-15(20)11-24-16(21)13-10-12(5-6-14(13)17)25(22,23)19-8-3-4-9-19/h5-6,10H,2-4,7-9,11H2,1H3,(H,18,20). The number of nitrogens with one attached hydrogen (secondary N) is 1. The van der Waals surface area contributed by atoms with Crippen LogP contribution < -0.4 is 5.32 Å². The van der Waals surface area contributed by atoms with Crippen LogP contribution in [0.5, 0.6) is 0 Å². The van der Waals surface area contributed by atoms with E-state index in [9.17, 15) is 18.0 Å². The first-order valence-electron chi connectivity index (χ1n) is 8.09. The lowest BCUT2D eigenvalue weighted by Gasteiger charge is -2.16. The minimum atomic E-state index is -3.67. The molecule has 0 bridgehead atoms. The Labute approximate surface area is 152 Å². The van der Waals surface area contributed by atoms with E-state index in [1.54, 1.807) is 0 Å². The van der Waals surface area contributed by atoms with E-state index in [0.717, 1.165) is 19.3 Å². The number of hydrogen-bond acceptors (Lipinski definition) is 5. The zero-order valence-corrected chi connectivity index (χ0v) is 15.5. The number of hydrogen-bond donors (Lipinski definition) is 1. The van der Waals surface area contributed by atoms with Crippen LogP contribution in [-0.4, -0.2) is 50.8 Å². The van der Waals surface area contributed by atoms with Gasteiger partial charge in [0.2, 0.25) is 10.0 Å². The van der Waals surface area contributed by atoms with Gasteiger partial charge in [-0.3, -0.25) is 4.79 Å². The molecule has 1 heterocycles. The largest absolute Gasteiger partial charge is 0.452 e. The summed E-state index contributed by atoms with van der Waals surface area (Å²) >= 11 is 5.99. The van der Waals surface area contributed by atoms with Crippen LogP contribution in [0.3, 0.4) is 0 Å². The van der Waals surface area contributed by atoms with Crippen molar-refractivity contribution in [3.63, 3.8) is 0 Å². The van der Waals surface area contributed by atoms with Gasteiger partial charge in [0.15, 0.2) is 6.61 Å². The summed E-state index contributed by atoms with van der Waals surface area (Å²) < 4.78 is 31.4. The van der Waals surface area contributed by atoms with Crippen molar-refractivity contribution >= 4 is 33.5 Å². The minimum Gasteiger partial charge on any atom is -0.452 e. The predicted molar refractivity (Wildman–Crippen MR) is 93.0 cm³/mol. The van der Waals surface area contributed by atoms with Gasteiger partial charge in [-0.2, -0.15) is 4.31 Å². The van der Waals surface area contributed by atoms with Gasteiger partial charge in [-0.15, -0.1) is 0 Å². The SMILES string of the molecule is CCCNC(=O)COC(=O)c1cc(S(=O)(=O)N2CCCC2)ccc1Cl. The van der Waals surface area contributed by atoms with Crippen molar-refractivity contribution in [1.29, 1.82) is 0 Å². The third-order valence-corrected chi connectivity index (χ3v) is 5.99. The Hall–Kier alpha value is -1.64. The van der Waals surface area contributed by atoms with Crippen LogP contribution >= 0.6 is 11.6 Å². The highest BCUT2D eigenvalue weighted by molar-refractivity contribution is 7.89. The average Bonchev–Trinajstić information content (AvgIpc) is 3.13. The van der Waals surface area contributed by atoms with Gasteiger partial charge in [0.25, 0.3) is 5.91 Å². The van der Waals surface area contributed by atoms with Crippen molar-refractivity contribution in [2.75, 3.05) is 26.2 Å². The molecule has 1 aliphatic rings. The molecule has 25 heavy (non-hydrogen) atoms. The van der Waals surface area contributed by atoms with Crippen molar-refractivity contribution in [1.82, 2.24) is 9.62 Å². The number of nitrogens with zero attached hydrogens (tertiary/aromatic N) is 1. The second-order valence-electron chi connectivity index (χ2n) is 5.68. The molecule has 1 amide bonds. The third kappa shape index (κ3) is 4.93. The molecule has 0 atom stereocenters. The fraction of sp³-hybridized carbons (Fsp3) is 0.500. The summed E-state index contributed by atoms with van der Waals surface area (Å²) in [5, 5.41) is 2.64. The summed E-state index contributed by atoms with van der Waals surface area (Å²) in [6, 6.07) is 3.90. The maximum Gasteiger partial charge on any atom is 0.340 e. The van der Waals surface area contributed by atoms with E-state index < -0.39 is 28.5 Å². The molecule has 1 aliphatic heterocycles. The molecule has 1 fully saturated rings. The molecule has 9 heteroatoms. The molecular weight excluding hydrogens is 368 g/mol. The molecule has 1 saturated heterocycles. The number of sulfonamides is 1. The highest BCUT2D eigenvalue weighted by atomic mass is 35.5. The number of halogens is 1. The molecule has 1 aromatic carbocycles. The Morgan fingerprint density at radius 3 is 2.60 bits per heavy atom. The van der Waals surface area contributed by atoms with Gasteiger partial charge in [-0.1, -0.05) is 18.5 Å². The average molecular weight is 389 g/mol. The van der Waals surface area contributed by atoms with Gasteiger partial charge in [0.1, 0.15) is 0 Å². The zero-order chi connectivity index (χ0) is 18.4. The van der Waals surface area contributed by atoms with Crippen LogP contribution in [0, 0.1) is 0 Å². The topological polar surface area (TPSA) is 92.8 Å². The van der Waals surface area contributed by atoms with E-state index in [2.05, 4.69) is 5.32 Å². The Morgan fingerprint density at radius 1 is 1.28 bits per heavy atom. The predicted octanol–water partition coefficient (Wildman–Crippen LogP) is 1.81. The van der Waals surface area contributed by atoms with E-state index in [-0.39, 0.29) is 15.5 Å². The van der Waals surface area contributed by atoms with Gasteiger partial charge in [0.05, 0.1) is 15.5 Å². The molecular formula is C16H21ClN2O5S. The summed E-state index contributed by atoms with van der Waals surface area (Å²) in [6.45, 7) is 2.86. The Morgan fingerprint density at radius 2 is 1.96 bits per heavy atom. The summed E-state index contributed by atoms with van der Waals surface area (Å²) in [6.07, 6.45) is 2.39. The molecule has 0 saturated carbocycles. The van der Waals surface area contributed by atoms with Crippen molar-refractivity contribution in [3.05, 3.63) is 28.8 Å². The number of benzene rings is 1.